The summed E-state index contributed by atoms with van der Waals surface area (Å²) in [6, 6.07) is 3.00. The van der Waals surface area contributed by atoms with Gasteiger partial charge in [-0.15, -0.1) is 0 Å². The van der Waals surface area contributed by atoms with Gasteiger partial charge < -0.3 is 5.11 Å². The maximum absolute atomic E-state index is 12.4. The Balaban J connectivity index is 2.29. The van der Waals surface area contributed by atoms with E-state index in [1.165, 1.54) is 16.6 Å². The maximum Gasteiger partial charge on any atom is 0.246 e. The quantitative estimate of drug-likeness (QED) is 0.847. The molecule has 0 spiro atoms. The summed E-state index contributed by atoms with van der Waals surface area (Å²) >= 11 is 5.83. The first-order valence-corrected chi connectivity index (χ1v) is 7.59. The van der Waals surface area contributed by atoms with Crippen LogP contribution in [-0.4, -0.2) is 42.5 Å². The van der Waals surface area contributed by atoms with Crippen LogP contribution in [0.2, 0.25) is 5.15 Å². The van der Waals surface area contributed by atoms with Crippen molar-refractivity contribution in [3.8, 4) is 0 Å². The van der Waals surface area contributed by atoms with E-state index in [2.05, 4.69) is 4.98 Å². The molecule has 1 N–H and O–H groups in total. The predicted octanol–water partition coefficient (Wildman–Crippen LogP) is 1.13. The molecule has 1 saturated heterocycles. The van der Waals surface area contributed by atoms with E-state index in [0.717, 1.165) is 12.8 Å². The summed E-state index contributed by atoms with van der Waals surface area (Å²) in [7, 11) is -3.61. The summed E-state index contributed by atoms with van der Waals surface area (Å²) in [4.78, 5) is 3.82. The largest absolute Gasteiger partial charge is 0.396 e. The number of aliphatic hydroxyl groups excluding tert-OH is 1. The standard InChI is InChI=1S/C11H15ClN2O3S/c12-11-10(4-1-5-13-11)18(16,17)14-6-2-3-9(7-14)8-15/h1,4-5,9,15H,2-3,6-8H2. The van der Waals surface area contributed by atoms with Gasteiger partial charge in [-0.25, -0.2) is 13.4 Å². The van der Waals surface area contributed by atoms with E-state index in [1.54, 1.807) is 6.07 Å². The molecule has 1 atom stereocenters. The van der Waals surface area contributed by atoms with Crippen molar-refractivity contribution in [2.24, 2.45) is 5.92 Å². The van der Waals surface area contributed by atoms with E-state index < -0.39 is 10.0 Å². The Hall–Kier alpha value is -0.690. The minimum atomic E-state index is -3.61. The summed E-state index contributed by atoms with van der Waals surface area (Å²) in [6.45, 7) is 0.806. The fourth-order valence-electron chi connectivity index (χ4n) is 2.10. The average molecular weight is 291 g/mol. The number of hydrogen-bond acceptors (Lipinski definition) is 4. The highest BCUT2D eigenvalue weighted by Crippen LogP contribution is 2.26. The smallest absolute Gasteiger partial charge is 0.246 e. The van der Waals surface area contributed by atoms with E-state index >= 15 is 0 Å². The van der Waals surface area contributed by atoms with E-state index in [4.69, 9.17) is 16.7 Å². The Morgan fingerprint density at radius 3 is 3.00 bits per heavy atom. The van der Waals surface area contributed by atoms with Gasteiger partial charge in [0.2, 0.25) is 10.0 Å². The summed E-state index contributed by atoms with van der Waals surface area (Å²) in [6.07, 6.45) is 3.06. The van der Waals surface area contributed by atoms with E-state index in [9.17, 15) is 8.42 Å². The summed E-state index contributed by atoms with van der Waals surface area (Å²) in [5, 5.41) is 9.13. The van der Waals surface area contributed by atoms with E-state index in [-0.39, 0.29) is 22.6 Å². The Bertz CT molecular complexity index is 521. The highest BCUT2D eigenvalue weighted by Gasteiger charge is 2.31. The zero-order valence-electron chi connectivity index (χ0n) is 9.79. The normalized spacial score (nSPS) is 22.0. The zero-order chi connectivity index (χ0) is 13.2. The third-order valence-corrected chi connectivity index (χ3v) is 5.39. The van der Waals surface area contributed by atoms with Crippen LogP contribution in [0.15, 0.2) is 23.2 Å². The van der Waals surface area contributed by atoms with Crippen molar-refractivity contribution in [3.05, 3.63) is 23.5 Å². The molecule has 1 aliphatic heterocycles. The Morgan fingerprint density at radius 1 is 1.56 bits per heavy atom. The molecule has 1 aliphatic rings. The molecule has 0 amide bonds. The molecule has 0 saturated carbocycles. The summed E-state index contributed by atoms with van der Waals surface area (Å²) in [5.74, 6) is 0.00368. The van der Waals surface area contributed by atoms with Gasteiger partial charge in [-0.3, -0.25) is 0 Å². The van der Waals surface area contributed by atoms with Crippen molar-refractivity contribution in [2.75, 3.05) is 19.7 Å². The molecule has 0 aliphatic carbocycles. The lowest BCUT2D eigenvalue weighted by atomic mass is 10.0. The van der Waals surface area contributed by atoms with Crippen LogP contribution in [0.3, 0.4) is 0 Å². The monoisotopic (exact) mass is 290 g/mol. The SMILES string of the molecule is O=S(=O)(c1cccnc1Cl)N1CCCC(CO)C1. The highest BCUT2D eigenvalue weighted by atomic mass is 35.5. The van der Waals surface area contributed by atoms with E-state index in [0.29, 0.717) is 13.1 Å². The Kier molecular flexibility index (Phi) is 4.21. The average Bonchev–Trinajstić information content (AvgIpc) is 2.39. The van der Waals surface area contributed by atoms with Gasteiger partial charge in [0.05, 0.1) is 0 Å². The number of piperidine rings is 1. The number of pyridine rings is 1. The second-order valence-electron chi connectivity index (χ2n) is 4.35. The van der Waals surface area contributed by atoms with Gasteiger partial charge in [0.25, 0.3) is 0 Å². The molecule has 7 heteroatoms. The van der Waals surface area contributed by atoms with Crippen LogP contribution in [0.5, 0.6) is 0 Å². The molecule has 1 unspecified atom stereocenters. The van der Waals surface area contributed by atoms with Gasteiger partial charge in [-0.1, -0.05) is 11.6 Å². The predicted molar refractivity (Wildman–Crippen MR) is 67.8 cm³/mol. The van der Waals surface area contributed by atoms with Gasteiger partial charge in [0.1, 0.15) is 10.0 Å². The maximum atomic E-state index is 12.4. The van der Waals surface area contributed by atoms with E-state index in [1.807, 2.05) is 0 Å². The van der Waals surface area contributed by atoms with Crippen molar-refractivity contribution in [1.82, 2.24) is 9.29 Å². The van der Waals surface area contributed by atoms with Crippen LogP contribution in [-0.2, 0) is 10.0 Å². The van der Waals surface area contributed by atoms with Crippen molar-refractivity contribution >= 4 is 21.6 Å². The summed E-state index contributed by atoms with van der Waals surface area (Å²) in [5.41, 5.74) is 0. The van der Waals surface area contributed by atoms with Gasteiger partial charge in [0.15, 0.2) is 0 Å². The zero-order valence-corrected chi connectivity index (χ0v) is 11.4. The molecule has 2 rings (SSSR count). The number of aromatic nitrogens is 1. The first-order valence-electron chi connectivity index (χ1n) is 5.77. The fraction of sp³-hybridized carbons (Fsp3) is 0.545. The third kappa shape index (κ3) is 2.66. The first kappa shape index (κ1) is 13.7. The topological polar surface area (TPSA) is 70.5 Å². The molecule has 5 nitrogen and oxygen atoms in total. The molecule has 1 aromatic heterocycles. The molecule has 1 fully saturated rings. The fourth-order valence-corrected chi connectivity index (χ4v) is 4.08. The minimum absolute atomic E-state index is 0.00368. The number of rotatable bonds is 3. The van der Waals surface area contributed by atoms with Crippen LogP contribution in [0.25, 0.3) is 0 Å². The van der Waals surface area contributed by atoms with Crippen molar-refractivity contribution in [1.29, 1.82) is 0 Å². The molecule has 18 heavy (non-hydrogen) atoms. The van der Waals surface area contributed by atoms with Gasteiger partial charge in [0, 0.05) is 25.9 Å². The second-order valence-corrected chi connectivity index (χ2v) is 6.61. The lowest BCUT2D eigenvalue weighted by Gasteiger charge is -2.30. The lowest BCUT2D eigenvalue weighted by Crippen LogP contribution is -2.41. The Labute approximate surface area is 111 Å². The number of nitrogens with zero attached hydrogens (tertiary/aromatic N) is 2. The van der Waals surface area contributed by atoms with Crippen LogP contribution >= 0.6 is 11.6 Å². The molecule has 0 aromatic carbocycles. The molecule has 0 bridgehead atoms. The first-order chi connectivity index (χ1) is 8.55. The minimum Gasteiger partial charge on any atom is -0.396 e. The van der Waals surface area contributed by atoms with Gasteiger partial charge in [-0.2, -0.15) is 4.31 Å². The lowest BCUT2D eigenvalue weighted by molar-refractivity contribution is 0.165. The number of sulfonamides is 1. The van der Waals surface area contributed by atoms with Crippen molar-refractivity contribution in [2.45, 2.75) is 17.7 Å². The molecule has 1 aromatic rings. The van der Waals surface area contributed by atoms with Crippen molar-refractivity contribution in [3.63, 3.8) is 0 Å². The molecule has 2 heterocycles. The number of hydrogen-bond donors (Lipinski definition) is 1. The van der Waals surface area contributed by atoms with Crippen LogP contribution < -0.4 is 0 Å². The van der Waals surface area contributed by atoms with Crippen LogP contribution in [0.1, 0.15) is 12.8 Å². The molecule has 0 radical (unpaired) electrons. The second kappa shape index (κ2) is 5.52. The Morgan fingerprint density at radius 2 is 2.33 bits per heavy atom. The van der Waals surface area contributed by atoms with Crippen LogP contribution in [0, 0.1) is 5.92 Å². The number of aliphatic hydroxyl groups is 1. The van der Waals surface area contributed by atoms with Gasteiger partial charge >= 0.3 is 0 Å². The van der Waals surface area contributed by atoms with Crippen molar-refractivity contribution < 1.29 is 13.5 Å². The highest BCUT2D eigenvalue weighted by molar-refractivity contribution is 7.89. The molecular weight excluding hydrogens is 276 g/mol. The number of halogens is 1. The molecular formula is C11H15ClN2O3S. The molecule has 100 valence electrons. The van der Waals surface area contributed by atoms with Gasteiger partial charge in [-0.05, 0) is 30.9 Å². The summed E-state index contributed by atoms with van der Waals surface area (Å²) < 4.78 is 26.2. The van der Waals surface area contributed by atoms with Crippen LogP contribution in [0.4, 0.5) is 0 Å². The third-order valence-electron chi connectivity index (χ3n) is 3.08.